The van der Waals surface area contributed by atoms with Gasteiger partial charge >= 0.3 is 0 Å². The minimum absolute atomic E-state index is 0.0283. The number of aryl methyl sites for hydroxylation is 1. The van der Waals surface area contributed by atoms with Crippen molar-refractivity contribution < 1.29 is 33.7 Å². The Kier molecular flexibility index (Phi) is 9.79. The molecular weight excluding hydrogens is 514 g/mol. The number of carbonyl (C=O) groups is 3. The minimum Gasteiger partial charge on any atom is -0.507 e. The van der Waals surface area contributed by atoms with Gasteiger partial charge in [-0.25, -0.2) is 0 Å². The fourth-order valence-corrected chi connectivity index (χ4v) is 4.90. The maximum atomic E-state index is 13.4. The van der Waals surface area contributed by atoms with E-state index in [0.717, 1.165) is 31.5 Å². The lowest BCUT2D eigenvalue weighted by Gasteiger charge is -2.31. The lowest BCUT2D eigenvalue weighted by molar-refractivity contribution is -0.140. The van der Waals surface area contributed by atoms with E-state index in [0.29, 0.717) is 55.5 Å². The van der Waals surface area contributed by atoms with Crippen LogP contribution in [0, 0.1) is 6.92 Å². The van der Waals surface area contributed by atoms with Gasteiger partial charge in [-0.05, 0) is 54.8 Å². The number of carbonyl (C=O) groups excluding carboxylic acids is 3. The number of ketones is 1. The number of amides is 2. The first-order valence-corrected chi connectivity index (χ1v) is 13.6. The average Bonchev–Trinajstić information content (AvgIpc) is 3.20. The third-order valence-electron chi connectivity index (χ3n) is 7.10. The highest BCUT2D eigenvalue weighted by atomic mass is 16.5. The predicted octanol–water partition coefficient (Wildman–Crippen LogP) is 2.79. The zero-order valence-electron chi connectivity index (χ0n) is 23.1. The van der Waals surface area contributed by atoms with E-state index in [1.807, 2.05) is 13.0 Å². The van der Waals surface area contributed by atoms with Crippen LogP contribution in [0.4, 0.5) is 0 Å². The van der Waals surface area contributed by atoms with E-state index in [1.54, 1.807) is 36.4 Å². The lowest BCUT2D eigenvalue weighted by atomic mass is 9.94. The van der Waals surface area contributed by atoms with Gasteiger partial charge in [-0.2, -0.15) is 0 Å². The smallest absolute Gasteiger partial charge is 0.295 e. The minimum atomic E-state index is -0.800. The summed E-state index contributed by atoms with van der Waals surface area (Å²) in [5, 5.41) is 11.5. The number of nitrogens with zero attached hydrogens (tertiary/aromatic N) is 2. The number of nitrogens with two attached hydrogens (primary N) is 1. The van der Waals surface area contributed by atoms with Gasteiger partial charge in [-0.15, -0.1) is 0 Å². The highest BCUT2D eigenvalue weighted by Gasteiger charge is 2.46. The zero-order valence-corrected chi connectivity index (χ0v) is 23.1. The molecule has 0 radical (unpaired) electrons. The fraction of sp³-hybridized carbons (Fsp3) is 0.433. The number of hydrogen-bond acceptors (Lipinski definition) is 8. The van der Waals surface area contributed by atoms with Crippen LogP contribution in [-0.4, -0.2) is 85.1 Å². The van der Waals surface area contributed by atoms with Gasteiger partial charge in [0.05, 0.1) is 31.4 Å². The van der Waals surface area contributed by atoms with Crippen molar-refractivity contribution >= 4 is 23.4 Å². The van der Waals surface area contributed by atoms with Crippen LogP contribution >= 0.6 is 0 Å². The summed E-state index contributed by atoms with van der Waals surface area (Å²) in [5.41, 5.74) is 7.01. The average molecular weight is 552 g/mol. The molecule has 10 nitrogen and oxygen atoms in total. The van der Waals surface area contributed by atoms with E-state index in [2.05, 4.69) is 11.8 Å². The molecule has 0 saturated carbocycles. The molecular formula is C30H37N3O7. The molecule has 40 heavy (non-hydrogen) atoms. The molecule has 1 atom stereocenters. The van der Waals surface area contributed by atoms with Crippen molar-refractivity contribution in [2.24, 2.45) is 5.73 Å². The monoisotopic (exact) mass is 551 g/mol. The van der Waals surface area contributed by atoms with Crippen LogP contribution in [-0.2, 0) is 19.1 Å². The standard InChI is InChI=1S/C30H37N3O7/c1-3-4-15-39-23-9-10-24(20(2)18-23)28(35)26-27(21-5-7-22(8-6-21)40-19-25(31)34)33(30(37)29(26)36)12-11-32-13-16-38-17-14-32/h5-10,18,27,35H,3-4,11-17,19H2,1-2H3,(H2,31,34). The van der Waals surface area contributed by atoms with Crippen LogP contribution in [0.25, 0.3) is 5.76 Å². The Balaban J connectivity index is 1.68. The Morgan fingerprint density at radius 1 is 1.05 bits per heavy atom. The number of Topliss-reactive ketones (excluding diaryl/α,β-unsaturated/α-hetero) is 1. The third kappa shape index (κ3) is 6.81. The number of unbranched alkanes of at least 4 members (excludes halogenated alkanes) is 1. The molecule has 4 rings (SSSR count). The van der Waals surface area contributed by atoms with Gasteiger partial charge in [-0.1, -0.05) is 25.5 Å². The Morgan fingerprint density at radius 3 is 2.40 bits per heavy atom. The van der Waals surface area contributed by atoms with Crippen molar-refractivity contribution in [2.45, 2.75) is 32.7 Å². The number of rotatable bonds is 12. The summed E-state index contributed by atoms with van der Waals surface area (Å²) in [7, 11) is 0. The Labute approximate surface area is 234 Å². The molecule has 2 aliphatic rings. The van der Waals surface area contributed by atoms with Gasteiger partial charge < -0.3 is 30.0 Å². The highest BCUT2D eigenvalue weighted by Crippen LogP contribution is 2.40. The van der Waals surface area contributed by atoms with Crippen molar-refractivity contribution in [3.63, 3.8) is 0 Å². The largest absolute Gasteiger partial charge is 0.507 e. The van der Waals surface area contributed by atoms with Crippen LogP contribution in [0.15, 0.2) is 48.0 Å². The van der Waals surface area contributed by atoms with Gasteiger partial charge in [0.1, 0.15) is 17.3 Å². The van der Waals surface area contributed by atoms with Gasteiger partial charge in [-0.3, -0.25) is 19.3 Å². The molecule has 1 unspecified atom stereocenters. The second-order valence-corrected chi connectivity index (χ2v) is 9.95. The maximum Gasteiger partial charge on any atom is 0.295 e. The molecule has 2 aliphatic heterocycles. The summed E-state index contributed by atoms with van der Waals surface area (Å²) in [6, 6.07) is 11.2. The molecule has 0 bridgehead atoms. The first-order valence-electron chi connectivity index (χ1n) is 13.6. The van der Waals surface area contributed by atoms with E-state index in [-0.39, 0.29) is 17.9 Å². The number of hydrogen-bond donors (Lipinski definition) is 2. The fourth-order valence-electron chi connectivity index (χ4n) is 4.90. The first-order chi connectivity index (χ1) is 19.3. The Bertz CT molecular complexity index is 1250. The Morgan fingerprint density at radius 2 is 1.75 bits per heavy atom. The van der Waals surface area contributed by atoms with Gasteiger partial charge in [0, 0.05) is 31.7 Å². The van der Waals surface area contributed by atoms with Crippen molar-refractivity contribution in [1.82, 2.24) is 9.80 Å². The summed E-state index contributed by atoms with van der Waals surface area (Å²) in [6.07, 6.45) is 1.95. The Hall–Kier alpha value is -3.89. The number of aliphatic hydroxyl groups is 1. The second kappa shape index (κ2) is 13.5. The molecule has 2 fully saturated rings. The van der Waals surface area contributed by atoms with Gasteiger partial charge in [0.25, 0.3) is 17.6 Å². The summed E-state index contributed by atoms with van der Waals surface area (Å²) in [4.78, 5) is 41.5. The normalized spacial score (nSPS) is 19.1. The third-order valence-corrected chi connectivity index (χ3v) is 7.10. The molecule has 10 heteroatoms. The molecule has 2 amide bonds. The number of aliphatic hydroxyl groups excluding tert-OH is 1. The topological polar surface area (TPSA) is 132 Å². The van der Waals surface area contributed by atoms with E-state index in [4.69, 9.17) is 19.9 Å². The highest BCUT2D eigenvalue weighted by molar-refractivity contribution is 6.46. The molecule has 0 spiro atoms. The first kappa shape index (κ1) is 29.1. The molecule has 2 saturated heterocycles. The van der Waals surface area contributed by atoms with Crippen LogP contribution in [0.1, 0.15) is 42.5 Å². The van der Waals surface area contributed by atoms with Crippen molar-refractivity contribution in [1.29, 1.82) is 0 Å². The van der Waals surface area contributed by atoms with E-state index < -0.39 is 23.6 Å². The number of benzene rings is 2. The molecule has 0 aromatic heterocycles. The quantitative estimate of drug-likeness (QED) is 0.178. The van der Waals surface area contributed by atoms with Gasteiger partial charge in [0.15, 0.2) is 6.61 Å². The summed E-state index contributed by atoms with van der Waals surface area (Å²) in [5.74, 6) is -1.13. The molecule has 2 aromatic rings. The van der Waals surface area contributed by atoms with Crippen molar-refractivity contribution in [3.8, 4) is 11.5 Å². The van der Waals surface area contributed by atoms with Crippen LogP contribution in [0.2, 0.25) is 0 Å². The molecule has 214 valence electrons. The van der Waals surface area contributed by atoms with Crippen LogP contribution in [0.5, 0.6) is 11.5 Å². The van der Waals surface area contributed by atoms with E-state index in [9.17, 15) is 19.5 Å². The molecule has 2 heterocycles. The number of morpholine rings is 1. The number of ether oxygens (including phenoxy) is 3. The second-order valence-electron chi connectivity index (χ2n) is 9.95. The summed E-state index contributed by atoms with van der Waals surface area (Å²) in [6.45, 7) is 7.83. The number of primary amides is 1. The maximum absolute atomic E-state index is 13.4. The summed E-state index contributed by atoms with van der Waals surface area (Å²) >= 11 is 0. The van der Waals surface area contributed by atoms with Crippen molar-refractivity contribution in [2.75, 3.05) is 52.6 Å². The molecule has 2 aromatic carbocycles. The number of likely N-dealkylation sites (tertiary alicyclic amines) is 1. The predicted molar refractivity (Wildman–Crippen MR) is 149 cm³/mol. The molecule has 0 aliphatic carbocycles. The molecule has 3 N–H and O–H groups in total. The zero-order chi connectivity index (χ0) is 28.6. The van der Waals surface area contributed by atoms with E-state index >= 15 is 0 Å². The van der Waals surface area contributed by atoms with Crippen LogP contribution in [0.3, 0.4) is 0 Å². The lowest BCUT2D eigenvalue weighted by Crippen LogP contribution is -2.42. The van der Waals surface area contributed by atoms with Crippen molar-refractivity contribution in [3.05, 3.63) is 64.7 Å². The van der Waals surface area contributed by atoms with Crippen LogP contribution < -0.4 is 15.2 Å². The van der Waals surface area contributed by atoms with Gasteiger partial charge in [0.2, 0.25) is 0 Å². The summed E-state index contributed by atoms with van der Waals surface area (Å²) < 4.78 is 16.6. The van der Waals surface area contributed by atoms with E-state index in [1.165, 1.54) is 4.90 Å². The SMILES string of the molecule is CCCCOc1ccc(C(O)=C2C(=O)C(=O)N(CCN3CCOCC3)C2c2ccc(OCC(N)=O)cc2)c(C)c1.